The number of fused-ring (bicyclic) bond motifs is 1. The van der Waals surface area contributed by atoms with Crippen LogP contribution in [0.15, 0.2) is 24.3 Å². The van der Waals surface area contributed by atoms with E-state index < -0.39 is 35.9 Å². The first kappa shape index (κ1) is 17.5. The largest absolute Gasteiger partial charge is 0.463 e. The van der Waals surface area contributed by atoms with Gasteiger partial charge >= 0.3 is 11.9 Å². The Hall–Kier alpha value is -2.35. The van der Waals surface area contributed by atoms with Gasteiger partial charge in [0, 0.05) is 6.42 Å². The Bertz CT molecular complexity index is 699. The van der Waals surface area contributed by atoms with Crippen molar-refractivity contribution in [3.05, 3.63) is 35.4 Å². The van der Waals surface area contributed by atoms with Gasteiger partial charge in [-0.3, -0.25) is 14.5 Å². The third kappa shape index (κ3) is 3.26. The molecule has 0 unspecified atom stereocenters. The molecule has 3 rings (SSSR count). The van der Waals surface area contributed by atoms with Gasteiger partial charge in [0.15, 0.2) is 0 Å². The van der Waals surface area contributed by atoms with E-state index in [0.29, 0.717) is 5.75 Å². The van der Waals surface area contributed by atoms with Crippen LogP contribution < -0.4 is 0 Å². The first-order valence-electron chi connectivity index (χ1n) is 7.87. The molecule has 0 spiro atoms. The van der Waals surface area contributed by atoms with Crippen molar-refractivity contribution in [2.24, 2.45) is 0 Å². The van der Waals surface area contributed by atoms with Crippen LogP contribution in [0.3, 0.4) is 0 Å². The first-order valence-corrected chi connectivity index (χ1v) is 9.27. The number of imide groups is 1. The number of carbonyl (C=O) groups excluding carboxylic acids is 4. The maximum absolute atomic E-state index is 12.6. The topological polar surface area (TPSA) is 90.0 Å². The second-order valence-corrected chi connectivity index (χ2v) is 6.69. The molecule has 2 atom stereocenters. The number of cyclic esters (lactones) is 1. The zero-order valence-corrected chi connectivity index (χ0v) is 14.4. The van der Waals surface area contributed by atoms with Crippen molar-refractivity contribution in [1.29, 1.82) is 0 Å². The van der Waals surface area contributed by atoms with Crippen LogP contribution in [0.2, 0.25) is 0 Å². The fraction of sp³-hybridized carbons (Fsp3) is 0.412. The molecule has 25 heavy (non-hydrogen) atoms. The molecule has 1 fully saturated rings. The number of rotatable bonds is 6. The summed E-state index contributed by atoms with van der Waals surface area (Å²) in [4.78, 5) is 50.3. The van der Waals surface area contributed by atoms with Gasteiger partial charge in [-0.05, 0) is 30.6 Å². The maximum Gasteiger partial charge on any atom is 0.347 e. The minimum absolute atomic E-state index is 0.194. The van der Waals surface area contributed by atoms with Gasteiger partial charge in [-0.25, -0.2) is 9.59 Å². The van der Waals surface area contributed by atoms with Crippen molar-refractivity contribution in [2.75, 3.05) is 18.6 Å². The Morgan fingerprint density at radius 2 is 1.92 bits per heavy atom. The summed E-state index contributed by atoms with van der Waals surface area (Å²) in [5, 5.41) is 0. The molecular formula is C17H17NO6S. The molecule has 1 aromatic carbocycles. The molecule has 0 aromatic heterocycles. The molecule has 8 heteroatoms. The Morgan fingerprint density at radius 3 is 2.44 bits per heavy atom. The van der Waals surface area contributed by atoms with Gasteiger partial charge in [-0.15, -0.1) is 0 Å². The fourth-order valence-corrected chi connectivity index (χ4v) is 3.33. The van der Waals surface area contributed by atoms with Gasteiger partial charge in [-0.2, -0.15) is 11.8 Å². The van der Waals surface area contributed by atoms with E-state index in [4.69, 9.17) is 9.47 Å². The highest BCUT2D eigenvalue weighted by Crippen LogP contribution is 2.27. The first-order chi connectivity index (χ1) is 12.0. The molecule has 0 bridgehead atoms. The predicted molar refractivity (Wildman–Crippen MR) is 89.2 cm³/mol. The van der Waals surface area contributed by atoms with Gasteiger partial charge in [0.25, 0.3) is 11.8 Å². The molecule has 0 saturated carbocycles. The van der Waals surface area contributed by atoms with Crippen LogP contribution in [0.1, 0.15) is 33.6 Å². The van der Waals surface area contributed by atoms with Gasteiger partial charge < -0.3 is 9.47 Å². The quantitative estimate of drug-likeness (QED) is 0.555. The number of hydrogen-bond donors (Lipinski definition) is 0. The lowest BCUT2D eigenvalue weighted by molar-refractivity contribution is -0.163. The van der Waals surface area contributed by atoms with E-state index in [1.807, 2.05) is 6.26 Å². The zero-order valence-electron chi connectivity index (χ0n) is 13.6. The minimum atomic E-state index is -1.06. The molecule has 2 heterocycles. The van der Waals surface area contributed by atoms with Crippen molar-refractivity contribution < 1.29 is 28.7 Å². The van der Waals surface area contributed by atoms with Crippen LogP contribution in [0, 0.1) is 0 Å². The van der Waals surface area contributed by atoms with E-state index in [0.717, 1.165) is 4.90 Å². The molecule has 132 valence electrons. The number of amides is 2. The van der Waals surface area contributed by atoms with Gasteiger partial charge in [0.2, 0.25) is 6.10 Å². The van der Waals surface area contributed by atoms with Crippen LogP contribution in [0.4, 0.5) is 0 Å². The Balaban J connectivity index is 1.83. The van der Waals surface area contributed by atoms with Crippen LogP contribution >= 0.6 is 11.8 Å². The van der Waals surface area contributed by atoms with Crippen LogP contribution in [0.5, 0.6) is 0 Å². The summed E-state index contributed by atoms with van der Waals surface area (Å²) in [6.07, 6.45) is 1.42. The Labute approximate surface area is 148 Å². The lowest BCUT2D eigenvalue weighted by Crippen LogP contribution is -2.47. The molecular weight excluding hydrogens is 346 g/mol. The highest BCUT2D eigenvalue weighted by Gasteiger charge is 2.44. The Kier molecular flexibility index (Phi) is 5.08. The SMILES string of the molecule is CSCC[C@@H](C(=O)O[C@@H]1CCOC1=O)N1C(=O)c2ccccc2C1=O. The average Bonchev–Trinajstić information content (AvgIpc) is 3.12. The third-order valence-electron chi connectivity index (χ3n) is 4.15. The third-order valence-corrected chi connectivity index (χ3v) is 4.79. The van der Waals surface area contributed by atoms with E-state index in [1.54, 1.807) is 24.3 Å². The molecule has 1 aromatic rings. The van der Waals surface area contributed by atoms with Crippen molar-refractivity contribution >= 4 is 35.5 Å². The van der Waals surface area contributed by atoms with Crippen molar-refractivity contribution in [3.8, 4) is 0 Å². The van der Waals surface area contributed by atoms with Crippen molar-refractivity contribution in [2.45, 2.75) is 25.0 Å². The summed E-state index contributed by atoms with van der Waals surface area (Å²) >= 11 is 1.49. The molecule has 2 amide bonds. The number of esters is 2. The minimum Gasteiger partial charge on any atom is -0.463 e. The molecule has 2 aliphatic rings. The second-order valence-electron chi connectivity index (χ2n) is 5.70. The number of ether oxygens (including phenoxy) is 2. The van der Waals surface area contributed by atoms with Crippen LogP contribution in [-0.2, 0) is 19.1 Å². The Morgan fingerprint density at radius 1 is 1.28 bits per heavy atom. The number of benzene rings is 1. The van der Waals surface area contributed by atoms with Crippen molar-refractivity contribution in [3.63, 3.8) is 0 Å². The highest BCUT2D eigenvalue weighted by atomic mass is 32.2. The number of nitrogens with zero attached hydrogens (tertiary/aromatic N) is 1. The molecule has 2 aliphatic heterocycles. The number of carbonyl (C=O) groups is 4. The normalized spacial score (nSPS) is 20.4. The van der Waals surface area contributed by atoms with E-state index in [9.17, 15) is 19.2 Å². The number of hydrogen-bond acceptors (Lipinski definition) is 7. The highest BCUT2D eigenvalue weighted by molar-refractivity contribution is 7.98. The lowest BCUT2D eigenvalue weighted by Gasteiger charge is -2.25. The van der Waals surface area contributed by atoms with Crippen molar-refractivity contribution in [1.82, 2.24) is 4.90 Å². The monoisotopic (exact) mass is 363 g/mol. The van der Waals surface area contributed by atoms with E-state index in [-0.39, 0.29) is 30.6 Å². The summed E-state index contributed by atoms with van der Waals surface area (Å²) in [5.74, 6) is -1.83. The lowest BCUT2D eigenvalue weighted by atomic mass is 10.1. The molecule has 1 saturated heterocycles. The summed E-state index contributed by atoms with van der Waals surface area (Å²) in [7, 11) is 0. The van der Waals surface area contributed by atoms with Crippen LogP contribution in [0.25, 0.3) is 0 Å². The van der Waals surface area contributed by atoms with Gasteiger partial charge in [0.05, 0.1) is 17.7 Å². The second kappa shape index (κ2) is 7.26. The summed E-state index contributed by atoms with van der Waals surface area (Å²) in [5.41, 5.74) is 0.546. The van der Waals surface area contributed by atoms with E-state index >= 15 is 0 Å². The summed E-state index contributed by atoms with van der Waals surface area (Å²) in [6, 6.07) is 5.38. The predicted octanol–water partition coefficient (Wildman–Crippen LogP) is 1.26. The fourth-order valence-electron chi connectivity index (χ4n) is 2.88. The molecule has 0 radical (unpaired) electrons. The summed E-state index contributed by atoms with van der Waals surface area (Å²) in [6.45, 7) is 0.194. The smallest absolute Gasteiger partial charge is 0.347 e. The molecule has 0 N–H and O–H groups in total. The van der Waals surface area contributed by atoms with E-state index in [2.05, 4.69) is 0 Å². The molecule has 7 nitrogen and oxygen atoms in total. The maximum atomic E-state index is 12.6. The summed E-state index contributed by atoms with van der Waals surface area (Å²) < 4.78 is 10.00. The van der Waals surface area contributed by atoms with Gasteiger partial charge in [-0.1, -0.05) is 12.1 Å². The average molecular weight is 363 g/mol. The standard InChI is InChI=1S/C17H17NO6S/c1-25-9-7-12(16(21)24-13-6-8-23-17(13)22)18-14(19)10-4-2-3-5-11(10)15(18)20/h2-5,12-13H,6-9H2,1H3/t12-,13+/m0/s1. The van der Waals surface area contributed by atoms with E-state index in [1.165, 1.54) is 11.8 Å². The van der Waals surface area contributed by atoms with Crippen LogP contribution in [-0.4, -0.2) is 59.4 Å². The van der Waals surface area contributed by atoms with Gasteiger partial charge in [0.1, 0.15) is 6.04 Å². The number of thioether (sulfide) groups is 1. The zero-order chi connectivity index (χ0) is 18.0. The molecule has 0 aliphatic carbocycles.